The van der Waals surface area contributed by atoms with Crippen LogP contribution in [0.15, 0.2) is 146 Å². The zero-order valence-electron chi connectivity index (χ0n) is 46.7. The van der Waals surface area contributed by atoms with E-state index in [1.54, 1.807) is 72.8 Å². The van der Waals surface area contributed by atoms with Crippen molar-refractivity contribution in [3.8, 4) is 68.2 Å². The number of rotatable bonds is 16. The van der Waals surface area contributed by atoms with Gasteiger partial charge in [0.15, 0.2) is 75.6 Å². The molecule has 2 fully saturated rings. The van der Waals surface area contributed by atoms with Crippen LogP contribution < -0.4 is 18.9 Å². The number of ether oxygens (including phenoxy) is 8. The van der Waals surface area contributed by atoms with Crippen LogP contribution in [-0.4, -0.2) is 32.2 Å². The molecule has 27 heteroatoms. The molecule has 94 heavy (non-hydrogen) atoms. The first kappa shape index (κ1) is 63.8. The van der Waals surface area contributed by atoms with Gasteiger partial charge in [0.05, 0.1) is 48.7 Å². The quantitative estimate of drug-likeness (QED) is 0.0406. The molecule has 2 heterocycles. The molecule has 0 amide bonds. The van der Waals surface area contributed by atoms with Crippen LogP contribution in [0.4, 0.5) is 79.0 Å². The van der Waals surface area contributed by atoms with E-state index in [0.29, 0.717) is 45.3 Å². The monoisotopic (exact) mass is 1320 g/mol. The van der Waals surface area contributed by atoms with Crippen molar-refractivity contribution in [3.63, 3.8) is 0 Å². The average Bonchev–Trinajstić information content (AvgIpc) is 0.913. The highest BCUT2D eigenvalue weighted by Crippen LogP contribution is 2.47. The highest BCUT2D eigenvalue weighted by atomic mass is 19.2. The lowest BCUT2D eigenvalue weighted by molar-refractivity contribution is -0.130. The molecule has 480 valence electrons. The fourth-order valence-electron chi connectivity index (χ4n) is 10.3. The van der Waals surface area contributed by atoms with Crippen molar-refractivity contribution in [3.05, 3.63) is 284 Å². The third-order valence-electron chi connectivity index (χ3n) is 14.8. The van der Waals surface area contributed by atoms with Crippen LogP contribution in [0.3, 0.4) is 0 Å². The second-order valence-corrected chi connectivity index (χ2v) is 20.3. The summed E-state index contributed by atoms with van der Waals surface area (Å²) in [7, 11) is 0. The summed E-state index contributed by atoms with van der Waals surface area (Å²) in [6, 6.07) is 34.8. The molecule has 12 rings (SSSR count). The van der Waals surface area contributed by atoms with E-state index in [2.05, 4.69) is 0 Å². The predicted molar refractivity (Wildman–Crippen MR) is 291 cm³/mol. The smallest absolute Gasteiger partial charge is 0.222 e. The SMILES string of the molecule is O=C(c1ccc(Oc2ccc(C3(c4ccc(Oc5c(F)c(F)c(-c6c(F)c(F)c(F)c(F)c6F)c(F)c5F)cc4)OCCO3)cc2)cc1)c1ccc(Oc2ccc(C3(c4ccc(Oc5c(F)c(F)c(-c6c(F)c(F)c(F)c(F)c6F)c(F)c5F)cc4)OCCO3)cc2)cc1. The van der Waals surface area contributed by atoms with E-state index in [9.17, 15) is 48.7 Å². The van der Waals surface area contributed by atoms with E-state index in [0.717, 1.165) is 24.3 Å². The van der Waals surface area contributed by atoms with Crippen LogP contribution in [0.25, 0.3) is 22.3 Å². The maximum atomic E-state index is 15.2. The van der Waals surface area contributed by atoms with Gasteiger partial charge in [0, 0.05) is 33.4 Å². The van der Waals surface area contributed by atoms with E-state index in [1.165, 1.54) is 48.5 Å². The Labute approximate surface area is 516 Å². The Morgan fingerprint density at radius 3 is 0.649 bits per heavy atom. The van der Waals surface area contributed by atoms with E-state index in [-0.39, 0.29) is 43.3 Å². The molecule has 9 nitrogen and oxygen atoms in total. The normalized spacial score (nSPS) is 14.1. The van der Waals surface area contributed by atoms with Gasteiger partial charge in [-0.2, -0.15) is 17.6 Å². The van der Waals surface area contributed by atoms with Gasteiger partial charge in [0.1, 0.15) is 34.5 Å². The molecule has 0 aromatic heterocycles. The first-order valence-electron chi connectivity index (χ1n) is 27.1. The molecule has 0 radical (unpaired) electrons. The number of halogens is 18. The predicted octanol–water partition coefficient (Wildman–Crippen LogP) is 18.4. The minimum atomic E-state index is -2.70. The molecule has 0 aliphatic carbocycles. The summed E-state index contributed by atoms with van der Waals surface area (Å²) in [6.45, 7) is 0.395. The Balaban J connectivity index is 0.666. The number of ketones is 1. The fraction of sp³-hybridized carbons (Fsp3) is 0.0896. The van der Waals surface area contributed by atoms with Crippen LogP contribution in [0.5, 0.6) is 46.0 Å². The van der Waals surface area contributed by atoms with Crippen molar-refractivity contribution in [2.24, 2.45) is 0 Å². The number of carbonyl (C=O) groups is 1. The summed E-state index contributed by atoms with van der Waals surface area (Å²) in [5.74, 6) is -52.9. The summed E-state index contributed by atoms with van der Waals surface area (Å²) in [5.41, 5.74) is -6.89. The second kappa shape index (κ2) is 24.9. The minimum Gasteiger partial charge on any atom is -0.457 e. The Bertz CT molecular complexity index is 4230. The summed E-state index contributed by atoms with van der Waals surface area (Å²) >= 11 is 0. The number of hydrogen-bond acceptors (Lipinski definition) is 9. The summed E-state index contributed by atoms with van der Waals surface area (Å²) in [6.07, 6.45) is 0. The molecule has 0 saturated carbocycles. The van der Waals surface area contributed by atoms with E-state index < -0.39 is 162 Å². The van der Waals surface area contributed by atoms with Crippen molar-refractivity contribution >= 4 is 5.78 Å². The van der Waals surface area contributed by atoms with Crippen molar-refractivity contribution < 1.29 is 122 Å². The molecule has 10 aromatic carbocycles. The summed E-state index contributed by atoms with van der Waals surface area (Å²) in [4.78, 5) is 13.6. The molecule has 0 unspecified atom stereocenters. The van der Waals surface area contributed by atoms with E-state index in [4.69, 9.17) is 37.9 Å². The van der Waals surface area contributed by atoms with Crippen molar-refractivity contribution in [1.29, 1.82) is 0 Å². The van der Waals surface area contributed by atoms with Gasteiger partial charge in [-0.05, 0) is 146 Å². The molecule has 0 N–H and O–H groups in total. The standard InChI is InChI=1S/C67H32F18O9/c68-45-41(46(69)54(77)57(80)53(45)76)43-49(72)59(82)64(60(83)50(43)73)93-39-21-9-33(10-22-39)66(87-25-26-88-66)31-5-17-37(18-6-31)91-35-13-1-29(2-14-35)63(86)30-3-15-36(16-4-30)92-38-19-7-32(8-20-38)67(89-27-28-90-67)34-11-23-40(24-12-34)94-65-61(84)51(74)44(52(75)62(65)85)42-47(70)55(78)58(81)56(79)48(42)71/h1-24H,25-28H2. The van der Waals surface area contributed by atoms with Gasteiger partial charge in [0.25, 0.3) is 0 Å². The number of hydrogen-bond donors (Lipinski definition) is 0. The Morgan fingerprint density at radius 1 is 0.245 bits per heavy atom. The molecular formula is C67H32F18O9. The molecule has 2 aliphatic heterocycles. The van der Waals surface area contributed by atoms with Crippen molar-refractivity contribution in [2.45, 2.75) is 11.6 Å². The van der Waals surface area contributed by atoms with E-state index in [1.807, 2.05) is 0 Å². The highest BCUT2D eigenvalue weighted by Gasteiger charge is 2.43. The number of carbonyl (C=O) groups excluding carboxylic acids is 1. The van der Waals surface area contributed by atoms with Gasteiger partial charge < -0.3 is 37.9 Å². The number of benzene rings is 10. The molecule has 0 spiro atoms. The first-order chi connectivity index (χ1) is 44.9. The van der Waals surface area contributed by atoms with Gasteiger partial charge in [-0.3, -0.25) is 4.79 Å². The van der Waals surface area contributed by atoms with E-state index >= 15 is 35.1 Å². The summed E-state index contributed by atoms with van der Waals surface area (Å²) < 4.78 is 308. The fourth-order valence-corrected chi connectivity index (χ4v) is 10.3. The van der Waals surface area contributed by atoms with Crippen molar-refractivity contribution in [2.75, 3.05) is 26.4 Å². The van der Waals surface area contributed by atoms with Gasteiger partial charge in [-0.1, -0.05) is 0 Å². The highest BCUT2D eigenvalue weighted by molar-refractivity contribution is 6.09. The Morgan fingerprint density at radius 2 is 0.426 bits per heavy atom. The largest absolute Gasteiger partial charge is 0.457 e. The lowest BCUT2D eigenvalue weighted by Gasteiger charge is -2.28. The van der Waals surface area contributed by atoms with Crippen LogP contribution >= 0.6 is 0 Å². The van der Waals surface area contributed by atoms with Crippen LogP contribution in [0, 0.1) is 105 Å². The zero-order chi connectivity index (χ0) is 66.8. The molecule has 2 aliphatic rings. The zero-order valence-corrected chi connectivity index (χ0v) is 46.7. The van der Waals surface area contributed by atoms with Crippen molar-refractivity contribution in [1.82, 2.24) is 0 Å². The third-order valence-corrected chi connectivity index (χ3v) is 14.8. The topological polar surface area (TPSA) is 90.9 Å². The molecule has 0 bridgehead atoms. The maximum Gasteiger partial charge on any atom is 0.222 e. The van der Waals surface area contributed by atoms with Crippen LogP contribution in [0.2, 0.25) is 0 Å². The summed E-state index contributed by atoms with van der Waals surface area (Å²) in [5, 5.41) is 0. The van der Waals surface area contributed by atoms with Gasteiger partial charge >= 0.3 is 0 Å². The average molecular weight is 1320 g/mol. The van der Waals surface area contributed by atoms with Gasteiger partial charge in [-0.25, -0.2) is 61.5 Å². The van der Waals surface area contributed by atoms with Gasteiger partial charge in [-0.15, -0.1) is 0 Å². The molecular weight excluding hydrogens is 1290 g/mol. The molecule has 2 saturated heterocycles. The Hall–Kier alpha value is -10.4. The Kier molecular flexibility index (Phi) is 16.9. The lowest BCUT2D eigenvalue weighted by atomic mass is 9.97. The second-order valence-electron chi connectivity index (χ2n) is 20.3. The minimum absolute atomic E-state index is 0.0988. The first-order valence-corrected chi connectivity index (χ1v) is 27.1. The lowest BCUT2D eigenvalue weighted by Crippen LogP contribution is -2.28. The maximum absolute atomic E-state index is 15.2. The molecule has 0 atom stereocenters. The molecule has 10 aromatic rings. The van der Waals surface area contributed by atoms with Crippen LogP contribution in [-0.2, 0) is 30.5 Å². The van der Waals surface area contributed by atoms with Gasteiger partial charge in [0.2, 0.25) is 58.0 Å². The third kappa shape index (κ3) is 11.0. The van der Waals surface area contributed by atoms with Crippen LogP contribution in [0.1, 0.15) is 38.2 Å².